The van der Waals surface area contributed by atoms with E-state index < -0.39 is 0 Å². The molecule has 0 bridgehead atoms. The fraction of sp³-hybridized carbons (Fsp3) is 0.263. The number of benzene rings is 1. The van der Waals surface area contributed by atoms with E-state index in [1.54, 1.807) is 4.68 Å². The molecule has 28 heavy (non-hydrogen) atoms. The Morgan fingerprint density at radius 2 is 1.46 bits per heavy atom. The molecule has 0 saturated carbocycles. The topological polar surface area (TPSA) is 92.4 Å². The van der Waals surface area contributed by atoms with Crippen molar-refractivity contribution < 1.29 is 0 Å². The Bertz CT molecular complexity index is 1120. The van der Waals surface area contributed by atoms with Crippen molar-refractivity contribution in [3.05, 3.63) is 64.7 Å². The van der Waals surface area contributed by atoms with Gasteiger partial charge in [0.1, 0.15) is 0 Å². The summed E-state index contributed by atoms with van der Waals surface area (Å²) >= 11 is 1.54. The van der Waals surface area contributed by atoms with Crippen LogP contribution in [0.3, 0.4) is 0 Å². The molecule has 144 valence electrons. The van der Waals surface area contributed by atoms with Gasteiger partial charge in [0, 0.05) is 17.1 Å². The third kappa shape index (κ3) is 3.40. The molecule has 0 saturated heterocycles. The molecule has 0 spiro atoms. The second-order valence-electron chi connectivity index (χ2n) is 6.79. The largest absolute Gasteiger partial charge is 0.334 e. The number of rotatable bonds is 5. The highest BCUT2D eigenvalue weighted by Gasteiger charge is 2.15. The van der Waals surface area contributed by atoms with Crippen LogP contribution in [0.5, 0.6) is 0 Å². The molecule has 0 fully saturated rings. The van der Waals surface area contributed by atoms with Crippen LogP contribution in [0.25, 0.3) is 11.6 Å². The number of aryl methyl sites for hydroxylation is 4. The standard InChI is InChI=1S/C19H22N8S/c1-12-9-14(3)26(23-12)17-7-5-16(6-8-17)11-28-19-22-21-18(25(19)20)27-15(4)10-13(2)24-27/h5-10H,11,20H2,1-4H3. The molecule has 0 unspecified atom stereocenters. The number of nitrogen functional groups attached to an aromatic ring is 1. The summed E-state index contributed by atoms with van der Waals surface area (Å²) in [5, 5.41) is 18.0. The summed E-state index contributed by atoms with van der Waals surface area (Å²) < 4.78 is 5.13. The number of aromatic nitrogens is 7. The number of hydrogen-bond donors (Lipinski definition) is 1. The van der Waals surface area contributed by atoms with Gasteiger partial charge in [0.05, 0.1) is 17.1 Å². The number of nitrogens with zero attached hydrogens (tertiary/aromatic N) is 7. The van der Waals surface area contributed by atoms with Gasteiger partial charge in [0.2, 0.25) is 5.16 Å². The zero-order chi connectivity index (χ0) is 19.8. The average molecular weight is 395 g/mol. The van der Waals surface area contributed by atoms with Crippen LogP contribution in [0.2, 0.25) is 0 Å². The fourth-order valence-electron chi connectivity index (χ4n) is 3.12. The number of thioether (sulfide) groups is 1. The van der Waals surface area contributed by atoms with E-state index in [0.29, 0.717) is 11.1 Å². The molecule has 0 aliphatic carbocycles. The summed E-state index contributed by atoms with van der Waals surface area (Å²) in [4.78, 5) is 0. The average Bonchev–Trinajstić information content (AvgIpc) is 3.30. The molecular formula is C19H22N8S. The van der Waals surface area contributed by atoms with Gasteiger partial charge >= 0.3 is 0 Å². The molecule has 9 heteroatoms. The minimum absolute atomic E-state index is 0.507. The van der Waals surface area contributed by atoms with Crippen LogP contribution < -0.4 is 5.84 Å². The van der Waals surface area contributed by atoms with Crippen LogP contribution in [0.4, 0.5) is 0 Å². The monoisotopic (exact) mass is 394 g/mol. The van der Waals surface area contributed by atoms with Gasteiger partial charge in [-0.25, -0.2) is 14.0 Å². The summed E-state index contributed by atoms with van der Waals surface area (Å²) in [6.45, 7) is 7.95. The van der Waals surface area contributed by atoms with Gasteiger partial charge in [0.25, 0.3) is 5.95 Å². The van der Waals surface area contributed by atoms with Gasteiger partial charge in [-0.05, 0) is 57.5 Å². The van der Waals surface area contributed by atoms with E-state index in [0.717, 1.165) is 34.2 Å². The van der Waals surface area contributed by atoms with Gasteiger partial charge in [-0.15, -0.1) is 10.2 Å². The third-order valence-corrected chi connectivity index (χ3v) is 5.42. The SMILES string of the molecule is Cc1cc(C)n(-c2ccc(CSc3nnc(-n4nc(C)cc4C)n3N)cc2)n1. The molecule has 1 aromatic carbocycles. The quantitative estimate of drug-likeness (QED) is 0.413. The summed E-state index contributed by atoms with van der Waals surface area (Å²) in [6.07, 6.45) is 0. The molecule has 8 nitrogen and oxygen atoms in total. The lowest BCUT2D eigenvalue weighted by Crippen LogP contribution is -2.17. The van der Waals surface area contributed by atoms with Crippen molar-refractivity contribution in [2.24, 2.45) is 0 Å². The highest BCUT2D eigenvalue weighted by molar-refractivity contribution is 7.98. The lowest BCUT2D eigenvalue weighted by molar-refractivity contribution is 0.727. The van der Waals surface area contributed by atoms with Crippen molar-refractivity contribution in [1.29, 1.82) is 0 Å². The van der Waals surface area contributed by atoms with E-state index >= 15 is 0 Å². The van der Waals surface area contributed by atoms with E-state index in [-0.39, 0.29) is 0 Å². The van der Waals surface area contributed by atoms with Gasteiger partial charge in [0.15, 0.2) is 0 Å². The predicted molar refractivity (Wildman–Crippen MR) is 109 cm³/mol. The van der Waals surface area contributed by atoms with Crippen LogP contribution >= 0.6 is 11.8 Å². The molecular weight excluding hydrogens is 372 g/mol. The van der Waals surface area contributed by atoms with Crippen molar-refractivity contribution in [1.82, 2.24) is 34.4 Å². The Morgan fingerprint density at radius 3 is 2.04 bits per heavy atom. The number of nitrogens with two attached hydrogens (primary N) is 1. The van der Waals surface area contributed by atoms with E-state index in [2.05, 4.69) is 57.7 Å². The van der Waals surface area contributed by atoms with Crippen molar-refractivity contribution in [2.75, 3.05) is 5.84 Å². The maximum atomic E-state index is 6.20. The second-order valence-corrected chi connectivity index (χ2v) is 7.73. The molecule has 0 atom stereocenters. The number of hydrogen-bond acceptors (Lipinski definition) is 6. The summed E-state index contributed by atoms with van der Waals surface area (Å²) in [6, 6.07) is 12.4. The Labute approximate surface area is 167 Å². The minimum atomic E-state index is 0.507. The molecule has 3 aromatic heterocycles. The molecule has 2 N–H and O–H groups in total. The van der Waals surface area contributed by atoms with E-state index in [9.17, 15) is 0 Å². The van der Waals surface area contributed by atoms with Gasteiger partial charge < -0.3 is 5.84 Å². The van der Waals surface area contributed by atoms with Gasteiger partial charge in [-0.1, -0.05) is 23.9 Å². The highest BCUT2D eigenvalue weighted by atomic mass is 32.2. The Hall–Kier alpha value is -3.07. The van der Waals surface area contributed by atoms with Crippen LogP contribution in [0, 0.1) is 27.7 Å². The molecule has 0 radical (unpaired) electrons. The van der Waals surface area contributed by atoms with E-state index in [4.69, 9.17) is 5.84 Å². The molecule has 0 aliphatic heterocycles. The van der Waals surface area contributed by atoms with Crippen LogP contribution in [-0.4, -0.2) is 34.4 Å². The van der Waals surface area contributed by atoms with Crippen LogP contribution in [0.15, 0.2) is 41.6 Å². The van der Waals surface area contributed by atoms with Crippen molar-refractivity contribution in [3.63, 3.8) is 0 Å². The van der Waals surface area contributed by atoms with E-state index in [1.165, 1.54) is 22.0 Å². The van der Waals surface area contributed by atoms with Gasteiger partial charge in [-0.2, -0.15) is 10.2 Å². The van der Waals surface area contributed by atoms with Gasteiger partial charge in [-0.3, -0.25) is 0 Å². The van der Waals surface area contributed by atoms with Crippen molar-refractivity contribution >= 4 is 11.8 Å². The highest BCUT2D eigenvalue weighted by Crippen LogP contribution is 2.23. The predicted octanol–water partition coefficient (Wildman–Crippen LogP) is 2.89. The first-order valence-electron chi connectivity index (χ1n) is 8.92. The summed E-state index contributed by atoms with van der Waals surface area (Å²) in [5.74, 6) is 7.44. The molecule has 0 aliphatic rings. The molecule has 4 rings (SSSR count). The first kappa shape index (κ1) is 18.3. The third-order valence-electron chi connectivity index (χ3n) is 4.40. The Balaban J connectivity index is 1.48. The summed E-state index contributed by atoms with van der Waals surface area (Å²) in [5.41, 5.74) is 6.23. The van der Waals surface area contributed by atoms with Crippen LogP contribution in [-0.2, 0) is 5.75 Å². The van der Waals surface area contributed by atoms with Crippen molar-refractivity contribution in [2.45, 2.75) is 38.6 Å². The second kappa shape index (κ2) is 7.16. The smallest absolute Gasteiger partial charge is 0.271 e. The zero-order valence-electron chi connectivity index (χ0n) is 16.3. The molecule has 4 aromatic rings. The first-order valence-corrected chi connectivity index (χ1v) is 9.90. The molecule has 3 heterocycles. The zero-order valence-corrected chi connectivity index (χ0v) is 17.1. The molecule has 0 amide bonds. The fourth-order valence-corrected chi connectivity index (χ4v) is 3.92. The van der Waals surface area contributed by atoms with Crippen LogP contribution in [0.1, 0.15) is 28.3 Å². The Kier molecular flexibility index (Phi) is 4.68. The lowest BCUT2D eigenvalue weighted by atomic mass is 10.2. The first-order chi connectivity index (χ1) is 13.4. The summed E-state index contributed by atoms with van der Waals surface area (Å²) in [7, 11) is 0. The maximum absolute atomic E-state index is 6.20. The lowest BCUT2D eigenvalue weighted by Gasteiger charge is -2.07. The maximum Gasteiger partial charge on any atom is 0.271 e. The van der Waals surface area contributed by atoms with E-state index in [1.807, 2.05) is 31.5 Å². The Morgan fingerprint density at radius 1 is 0.857 bits per heavy atom. The normalized spacial score (nSPS) is 11.3. The minimum Gasteiger partial charge on any atom is -0.334 e. The van der Waals surface area contributed by atoms with Crippen molar-refractivity contribution in [3.8, 4) is 11.6 Å².